The smallest absolute Gasteiger partial charge is 0.237 e. The van der Waals surface area contributed by atoms with E-state index in [2.05, 4.69) is 15.8 Å². The zero-order valence-corrected chi connectivity index (χ0v) is 17.9. The molecule has 4 aromatic carbocycles. The van der Waals surface area contributed by atoms with Crippen molar-refractivity contribution in [3.05, 3.63) is 130 Å². The summed E-state index contributed by atoms with van der Waals surface area (Å²) in [6.45, 7) is 15.3. The van der Waals surface area contributed by atoms with Crippen molar-refractivity contribution in [1.29, 1.82) is 10.5 Å². The first-order chi connectivity index (χ1) is 16.7. The molecular weight excluding hydrogens is 416 g/mol. The molecule has 0 unspecified atom stereocenters. The lowest BCUT2D eigenvalue weighted by molar-refractivity contribution is 1.46. The fourth-order valence-corrected chi connectivity index (χ4v) is 4.47. The highest BCUT2D eigenvalue weighted by Gasteiger charge is 2.29. The van der Waals surface area contributed by atoms with E-state index >= 15 is 0 Å². The van der Waals surface area contributed by atoms with Crippen molar-refractivity contribution < 1.29 is 0 Å². The zero-order valence-electron chi connectivity index (χ0n) is 17.9. The van der Waals surface area contributed by atoms with Gasteiger partial charge in [-0.05, 0) is 57.1 Å². The van der Waals surface area contributed by atoms with Gasteiger partial charge >= 0.3 is 0 Å². The normalized spacial score (nSPS) is 12.4. The molecule has 0 fully saturated rings. The van der Waals surface area contributed by atoms with Gasteiger partial charge in [0.1, 0.15) is 0 Å². The summed E-state index contributed by atoms with van der Waals surface area (Å²) in [5.74, 6) is 0. The third-order valence-electron chi connectivity index (χ3n) is 5.99. The molecule has 0 N–H and O–H groups in total. The van der Waals surface area contributed by atoms with Crippen LogP contribution in [0, 0.1) is 35.8 Å². The molecule has 0 radical (unpaired) electrons. The molecule has 1 aliphatic carbocycles. The van der Waals surface area contributed by atoms with Crippen molar-refractivity contribution in [3.63, 3.8) is 0 Å². The lowest BCUT2D eigenvalue weighted by atomic mass is 9.92. The predicted octanol–water partition coefficient (Wildman–Crippen LogP) is 7.63. The van der Waals surface area contributed by atoms with Gasteiger partial charge in [0, 0.05) is 11.1 Å². The third kappa shape index (κ3) is 3.13. The number of hydrogen-bond donors (Lipinski definition) is 0. The second kappa shape index (κ2) is 8.26. The van der Waals surface area contributed by atoms with Crippen LogP contribution in [0.2, 0.25) is 0 Å². The van der Waals surface area contributed by atoms with Gasteiger partial charge in [-0.25, -0.2) is 15.0 Å². The first-order valence-electron chi connectivity index (χ1n) is 10.5. The van der Waals surface area contributed by atoms with Gasteiger partial charge in [0.2, 0.25) is 0 Å². The number of fused-ring (bicyclic) bond motifs is 3. The van der Waals surface area contributed by atoms with Crippen LogP contribution in [-0.4, -0.2) is 0 Å². The van der Waals surface area contributed by atoms with Gasteiger partial charge in [-0.3, -0.25) is 0 Å². The van der Waals surface area contributed by atoms with E-state index in [0.717, 1.165) is 33.4 Å². The van der Waals surface area contributed by atoms with Crippen LogP contribution in [-0.2, 0) is 0 Å². The van der Waals surface area contributed by atoms with Gasteiger partial charge in [0.15, 0.2) is 5.69 Å². The van der Waals surface area contributed by atoms with Crippen LogP contribution in [0.15, 0.2) is 90.6 Å². The van der Waals surface area contributed by atoms with E-state index in [0.29, 0.717) is 28.0 Å². The van der Waals surface area contributed by atoms with Crippen LogP contribution < -0.4 is 0 Å². The molecule has 0 amide bonds. The number of nitriles is 2. The lowest BCUT2D eigenvalue weighted by Crippen LogP contribution is -1.90. The maximum atomic E-state index is 9.91. The van der Waals surface area contributed by atoms with Gasteiger partial charge in [0.25, 0.3) is 5.70 Å². The van der Waals surface area contributed by atoms with E-state index in [1.165, 1.54) is 0 Å². The molecule has 4 heteroatoms. The Morgan fingerprint density at radius 2 is 1.21 bits per heavy atom. The highest BCUT2D eigenvalue weighted by molar-refractivity contribution is 6.07. The van der Waals surface area contributed by atoms with Crippen molar-refractivity contribution in [1.82, 2.24) is 0 Å². The lowest BCUT2D eigenvalue weighted by Gasteiger charge is -2.11. The monoisotopic (exact) mass is 430 g/mol. The SMILES string of the molecule is [C-]#[N+]/C(C#N)=C1/c2cc(C#N)c(-c3ccccc3)cc2-c2cc(-c3ccccc3)c([N+]#[C-])cc21. The number of allylic oxidation sites excluding steroid dienone is 1. The topological polar surface area (TPSA) is 56.3 Å². The molecule has 0 aromatic heterocycles. The standard InChI is InChI=1S/C30H14N4/c1-33-28-16-27-25(15-23(28)20-11-7-4-8-12-20)24-14-22(19-9-5-3-6-10-19)21(17-31)13-26(24)30(27)29(18-32)34-2/h3-16H/b30-29-. The number of rotatable bonds is 2. The molecule has 0 saturated heterocycles. The van der Waals surface area contributed by atoms with Crippen LogP contribution in [0.25, 0.3) is 48.6 Å². The molecule has 0 heterocycles. The molecule has 1 aliphatic rings. The van der Waals surface area contributed by atoms with Crippen molar-refractivity contribution in [2.75, 3.05) is 0 Å². The molecular formula is C30H14N4. The molecule has 154 valence electrons. The number of benzene rings is 4. The van der Waals surface area contributed by atoms with Crippen LogP contribution >= 0.6 is 0 Å². The van der Waals surface area contributed by atoms with Crippen molar-refractivity contribution in [3.8, 4) is 45.5 Å². The van der Waals surface area contributed by atoms with E-state index in [9.17, 15) is 10.5 Å². The Balaban J connectivity index is 1.89. The Labute approximate surface area is 197 Å². The maximum Gasteiger partial charge on any atom is 0.270 e. The Kier molecular flexibility index (Phi) is 4.97. The summed E-state index contributed by atoms with van der Waals surface area (Å²) in [4.78, 5) is 7.21. The van der Waals surface area contributed by atoms with Crippen molar-refractivity contribution in [2.24, 2.45) is 0 Å². The van der Waals surface area contributed by atoms with Crippen LogP contribution in [0.3, 0.4) is 0 Å². The van der Waals surface area contributed by atoms with Crippen molar-refractivity contribution >= 4 is 11.3 Å². The summed E-state index contributed by atoms with van der Waals surface area (Å²) in [5.41, 5.74) is 7.74. The minimum absolute atomic E-state index is 0.0558. The fraction of sp³-hybridized carbons (Fsp3) is 0. The maximum absolute atomic E-state index is 9.91. The quantitative estimate of drug-likeness (QED) is 0.214. The summed E-state index contributed by atoms with van der Waals surface area (Å²) < 4.78 is 0. The van der Waals surface area contributed by atoms with E-state index in [1.54, 1.807) is 12.1 Å². The summed E-state index contributed by atoms with van der Waals surface area (Å²) in [7, 11) is 0. The Morgan fingerprint density at radius 1 is 0.647 bits per heavy atom. The second-order valence-corrected chi connectivity index (χ2v) is 7.76. The van der Waals surface area contributed by atoms with E-state index in [-0.39, 0.29) is 5.70 Å². The minimum atomic E-state index is -0.0558. The van der Waals surface area contributed by atoms with Crippen molar-refractivity contribution in [2.45, 2.75) is 0 Å². The van der Waals surface area contributed by atoms with Crippen LogP contribution in [0.1, 0.15) is 16.7 Å². The summed E-state index contributed by atoms with van der Waals surface area (Å²) in [6.07, 6.45) is 0. The minimum Gasteiger partial charge on any atom is -0.237 e. The zero-order chi connectivity index (χ0) is 23.7. The first-order valence-corrected chi connectivity index (χ1v) is 10.5. The summed E-state index contributed by atoms with van der Waals surface area (Å²) >= 11 is 0. The van der Waals surface area contributed by atoms with Gasteiger partial charge in [-0.1, -0.05) is 66.7 Å². The van der Waals surface area contributed by atoms with Gasteiger partial charge in [0.05, 0.1) is 30.8 Å². The molecule has 0 atom stereocenters. The van der Waals surface area contributed by atoms with Gasteiger partial charge < -0.3 is 0 Å². The molecule has 5 rings (SSSR count). The number of hydrogen-bond acceptors (Lipinski definition) is 2. The summed E-state index contributed by atoms with van der Waals surface area (Å²) in [6, 6.07) is 31.1. The average molecular weight is 430 g/mol. The third-order valence-corrected chi connectivity index (χ3v) is 5.99. The highest BCUT2D eigenvalue weighted by Crippen LogP contribution is 2.51. The largest absolute Gasteiger partial charge is 0.270 e. The molecule has 4 aromatic rings. The highest BCUT2D eigenvalue weighted by atomic mass is 14.7. The Bertz CT molecular complexity index is 1540. The first kappa shape index (κ1) is 20.5. The average Bonchev–Trinajstić information content (AvgIpc) is 3.21. The molecule has 0 spiro atoms. The summed E-state index contributed by atoms with van der Waals surface area (Å²) in [5, 5.41) is 19.6. The Hall–Kier alpha value is -5.42. The van der Waals surface area contributed by atoms with E-state index in [4.69, 9.17) is 13.1 Å². The molecule has 0 bridgehead atoms. The van der Waals surface area contributed by atoms with Gasteiger partial charge in [-0.2, -0.15) is 5.26 Å². The molecule has 4 nitrogen and oxygen atoms in total. The fourth-order valence-electron chi connectivity index (χ4n) is 4.47. The molecule has 0 saturated carbocycles. The molecule has 34 heavy (non-hydrogen) atoms. The van der Waals surface area contributed by atoms with Gasteiger partial charge in [-0.15, -0.1) is 0 Å². The predicted molar refractivity (Wildman–Crippen MR) is 132 cm³/mol. The van der Waals surface area contributed by atoms with E-state index < -0.39 is 0 Å². The Morgan fingerprint density at radius 3 is 1.74 bits per heavy atom. The molecule has 0 aliphatic heterocycles. The van der Waals surface area contributed by atoms with E-state index in [1.807, 2.05) is 78.9 Å². The second-order valence-electron chi connectivity index (χ2n) is 7.76. The van der Waals surface area contributed by atoms with Crippen LogP contribution in [0.5, 0.6) is 0 Å². The number of nitrogens with zero attached hydrogens (tertiary/aromatic N) is 4. The van der Waals surface area contributed by atoms with Crippen LogP contribution in [0.4, 0.5) is 5.69 Å².